The highest BCUT2D eigenvalue weighted by molar-refractivity contribution is 7.15. The number of hydrogen-bond donors (Lipinski definition) is 4. The van der Waals surface area contributed by atoms with Crippen molar-refractivity contribution in [2.24, 2.45) is 16.7 Å². The number of rotatable bonds is 8. The number of nitrogens with zero attached hydrogens (tertiary/aromatic N) is 1. The van der Waals surface area contributed by atoms with Crippen molar-refractivity contribution >= 4 is 28.5 Å². The molecule has 0 bridgehead atoms. The number of carbonyl (C=O) groups is 2. The second-order valence-corrected chi connectivity index (χ2v) is 11.0. The maximum atomic E-state index is 13.1. The van der Waals surface area contributed by atoms with Crippen LogP contribution in [0.1, 0.15) is 55.4 Å². The molecule has 35 heavy (non-hydrogen) atoms. The molecule has 0 radical (unpaired) electrons. The molecule has 2 aliphatic rings. The van der Waals surface area contributed by atoms with E-state index in [2.05, 4.69) is 24.1 Å². The molecule has 190 valence electrons. The molecule has 4 N–H and O–H groups in total. The minimum Gasteiger partial charge on any atom is -0.467 e. The monoisotopic (exact) mass is 503 g/mol. The van der Waals surface area contributed by atoms with Crippen LogP contribution in [0.15, 0.2) is 35.5 Å². The molecule has 0 saturated heterocycles. The van der Waals surface area contributed by atoms with Gasteiger partial charge < -0.3 is 24.7 Å². The molecule has 1 saturated carbocycles. The Bertz CT molecular complexity index is 1070. The van der Waals surface area contributed by atoms with Crippen molar-refractivity contribution in [1.29, 1.82) is 0 Å². The number of hydrogen-bond acceptors (Lipinski definition) is 8. The van der Waals surface area contributed by atoms with Crippen LogP contribution in [0.5, 0.6) is 0 Å². The van der Waals surface area contributed by atoms with Gasteiger partial charge in [0, 0.05) is 22.6 Å². The summed E-state index contributed by atoms with van der Waals surface area (Å²) in [6, 6.07) is 3.57. The van der Waals surface area contributed by atoms with E-state index in [4.69, 9.17) is 14.1 Å². The van der Waals surface area contributed by atoms with E-state index in [1.165, 1.54) is 17.4 Å². The molecule has 10 heteroatoms. The maximum absolute atomic E-state index is 13.1. The smallest absolute Gasteiger partial charge is 0.413 e. The maximum Gasteiger partial charge on any atom is 0.413 e. The van der Waals surface area contributed by atoms with Crippen molar-refractivity contribution in [3.05, 3.63) is 47.4 Å². The zero-order chi connectivity index (χ0) is 25.2. The van der Waals surface area contributed by atoms with Crippen LogP contribution in [-0.2, 0) is 22.5 Å². The second kappa shape index (κ2) is 10.1. The molecule has 9 nitrogen and oxygen atoms in total. The Morgan fingerprint density at radius 2 is 2.23 bits per heavy atom. The van der Waals surface area contributed by atoms with Crippen LogP contribution in [0.2, 0.25) is 0 Å². The Balaban J connectivity index is 1.64. The van der Waals surface area contributed by atoms with Crippen LogP contribution in [0.3, 0.4) is 0 Å². The number of aliphatic hydroxyl groups is 2. The first kappa shape index (κ1) is 25.4. The summed E-state index contributed by atoms with van der Waals surface area (Å²) in [6.07, 6.45) is 3.82. The average molecular weight is 504 g/mol. The molecule has 0 aromatic carbocycles. The van der Waals surface area contributed by atoms with Gasteiger partial charge in [0.05, 0.1) is 31.2 Å². The summed E-state index contributed by atoms with van der Waals surface area (Å²) in [5.41, 5.74) is -0.299. The normalized spacial score (nSPS) is 29.5. The summed E-state index contributed by atoms with van der Waals surface area (Å²) in [5, 5.41) is 27.2. The fourth-order valence-corrected chi connectivity index (χ4v) is 6.87. The SMILES string of the molecule is C=CCOC(=O)Nc1nc2c(s1)CC1C(C)(CO)C(O)CCC1(C)C2CC(=O)NCc1ccco1. The lowest BCUT2D eigenvalue weighted by atomic mass is 9.47. The molecule has 2 aliphatic carbocycles. The molecule has 5 atom stereocenters. The molecule has 2 amide bonds. The van der Waals surface area contributed by atoms with Crippen molar-refractivity contribution in [3.63, 3.8) is 0 Å². The van der Waals surface area contributed by atoms with Crippen LogP contribution in [-0.4, -0.2) is 46.5 Å². The lowest BCUT2D eigenvalue weighted by molar-refractivity contribution is -0.144. The number of nitrogens with one attached hydrogen (secondary N) is 2. The van der Waals surface area contributed by atoms with Gasteiger partial charge in [-0.2, -0.15) is 0 Å². The zero-order valence-corrected chi connectivity index (χ0v) is 20.9. The Kier molecular flexibility index (Phi) is 7.35. The van der Waals surface area contributed by atoms with Gasteiger partial charge in [-0.25, -0.2) is 9.78 Å². The van der Waals surface area contributed by atoms with Crippen LogP contribution < -0.4 is 10.6 Å². The summed E-state index contributed by atoms with van der Waals surface area (Å²) < 4.78 is 10.3. The van der Waals surface area contributed by atoms with E-state index in [1.807, 2.05) is 6.92 Å². The van der Waals surface area contributed by atoms with E-state index < -0.39 is 17.6 Å². The minimum atomic E-state index is -0.714. The molecule has 4 rings (SSSR count). The van der Waals surface area contributed by atoms with Crippen molar-refractivity contribution in [2.45, 2.75) is 58.1 Å². The van der Waals surface area contributed by atoms with Crippen LogP contribution >= 0.6 is 11.3 Å². The van der Waals surface area contributed by atoms with Crippen LogP contribution in [0, 0.1) is 16.7 Å². The third-order valence-corrected chi connectivity index (χ3v) is 8.87. The number of aliphatic hydroxyl groups excluding tert-OH is 2. The van der Waals surface area contributed by atoms with Crippen LogP contribution in [0.25, 0.3) is 0 Å². The first-order valence-electron chi connectivity index (χ1n) is 11.8. The molecule has 2 aromatic rings. The number of fused-ring (bicyclic) bond motifs is 2. The summed E-state index contributed by atoms with van der Waals surface area (Å²) in [6.45, 7) is 7.81. The van der Waals surface area contributed by atoms with Gasteiger partial charge >= 0.3 is 6.09 Å². The fraction of sp³-hybridized carbons (Fsp3) is 0.560. The molecule has 5 unspecified atom stereocenters. The Labute approximate surface area is 208 Å². The third-order valence-electron chi connectivity index (χ3n) is 7.86. The predicted octanol–water partition coefficient (Wildman–Crippen LogP) is 3.59. The summed E-state index contributed by atoms with van der Waals surface area (Å²) in [7, 11) is 0. The predicted molar refractivity (Wildman–Crippen MR) is 131 cm³/mol. The third kappa shape index (κ3) is 4.87. The molecule has 0 aliphatic heterocycles. The van der Waals surface area contributed by atoms with Gasteiger partial charge in [-0.15, -0.1) is 11.3 Å². The number of ether oxygens (including phenoxy) is 1. The van der Waals surface area contributed by atoms with Crippen molar-refractivity contribution in [3.8, 4) is 0 Å². The van der Waals surface area contributed by atoms with Crippen molar-refractivity contribution in [1.82, 2.24) is 10.3 Å². The first-order valence-corrected chi connectivity index (χ1v) is 12.6. The average Bonchev–Trinajstić information content (AvgIpc) is 3.50. The summed E-state index contributed by atoms with van der Waals surface area (Å²) in [4.78, 5) is 30.8. The van der Waals surface area contributed by atoms with E-state index in [-0.39, 0.29) is 49.3 Å². The van der Waals surface area contributed by atoms with Gasteiger partial charge in [0.25, 0.3) is 0 Å². The topological polar surface area (TPSA) is 134 Å². The number of carbonyl (C=O) groups excluding carboxylic acids is 2. The van der Waals surface area contributed by atoms with Gasteiger partial charge in [0.15, 0.2) is 5.13 Å². The van der Waals surface area contributed by atoms with E-state index in [0.717, 1.165) is 10.6 Å². The standard InChI is InChI=1S/C25H33N3O6S/c1-4-9-34-23(32)28-22-27-21-16(11-20(31)26-13-15-6-5-10-33-15)24(2)8-7-19(30)25(3,14-29)18(24)12-17(21)35-22/h4-6,10,16,18-19,29-30H,1,7-9,11-14H2,2-3H3,(H,26,31)(H,27,28,32). The highest BCUT2D eigenvalue weighted by Crippen LogP contribution is 2.62. The highest BCUT2D eigenvalue weighted by Gasteiger charge is 2.59. The summed E-state index contributed by atoms with van der Waals surface area (Å²) in [5.74, 6) is 0.213. The van der Waals surface area contributed by atoms with Gasteiger partial charge in [0.2, 0.25) is 5.91 Å². The molecular formula is C25H33N3O6S. The number of amides is 2. The van der Waals surface area contributed by atoms with E-state index >= 15 is 0 Å². The molecule has 1 fully saturated rings. The Hall–Kier alpha value is -2.69. The number of aromatic nitrogens is 1. The largest absolute Gasteiger partial charge is 0.467 e. The lowest BCUT2D eigenvalue weighted by Gasteiger charge is -2.58. The van der Waals surface area contributed by atoms with E-state index in [9.17, 15) is 19.8 Å². The molecule has 0 spiro atoms. The quantitative estimate of drug-likeness (QED) is 0.405. The van der Waals surface area contributed by atoms with E-state index in [0.29, 0.717) is 30.2 Å². The molecular weight excluding hydrogens is 470 g/mol. The van der Waals surface area contributed by atoms with E-state index in [1.54, 1.807) is 18.4 Å². The second-order valence-electron chi connectivity index (χ2n) is 9.93. The first-order chi connectivity index (χ1) is 16.7. The fourth-order valence-electron chi connectivity index (χ4n) is 5.81. The molecule has 2 aromatic heterocycles. The van der Waals surface area contributed by atoms with Gasteiger partial charge in [-0.3, -0.25) is 10.1 Å². The van der Waals surface area contributed by atoms with Gasteiger partial charge in [0.1, 0.15) is 12.4 Å². The zero-order valence-electron chi connectivity index (χ0n) is 20.1. The Morgan fingerprint density at radius 3 is 2.91 bits per heavy atom. The van der Waals surface area contributed by atoms with Crippen LogP contribution in [0.4, 0.5) is 9.93 Å². The van der Waals surface area contributed by atoms with Crippen molar-refractivity contribution < 1.29 is 29.0 Å². The minimum absolute atomic E-state index is 0.0693. The highest BCUT2D eigenvalue weighted by atomic mass is 32.1. The number of furan rings is 1. The number of thiazole rings is 1. The van der Waals surface area contributed by atoms with Crippen molar-refractivity contribution in [2.75, 3.05) is 18.5 Å². The summed E-state index contributed by atoms with van der Waals surface area (Å²) >= 11 is 1.35. The van der Waals surface area contributed by atoms with Gasteiger partial charge in [-0.05, 0) is 42.7 Å². The number of anilines is 1. The molecule has 2 heterocycles. The lowest BCUT2D eigenvalue weighted by Crippen LogP contribution is -2.57. The van der Waals surface area contributed by atoms with Gasteiger partial charge in [-0.1, -0.05) is 26.5 Å². The Morgan fingerprint density at radius 1 is 1.43 bits per heavy atom.